The van der Waals surface area contributed by atoms with Gasteiger partial charge in [0.15, 0.2) is 0 Å². The van der Waals surface area contributed by atoms with Gasteiger partial charge >= 0.3 is 0 Å². The minimum Gasteiger partial charge on any atom is -0.326 e. The third-order valence-electron chi connectivity index (χ3n) is 3.51. The van der Waals surface area contributed by atoms with Crippen molar-refractivity contribution in [2.24, 2.45) is 5.92 Å². The van der Waals surface area contributed by atoms with Crippen molar-refractivity contribution >= 4 is 46.4 Å². The molecular weight excluding hydrogens is 335 g/mol. The van der Waals surface area contributed by atoms with Gasteiger partial charge in [0.2, 0.25) is 5.91 Å². The van der Waals surface area contributed by atoms with Crippen LogP contribution in [0.2, 0.25) is 10.0 Å². The van der Waals surface area contributed by atoms with E-state index in [1.165, 1.54) is 6.07 Å². The molecule has 0 bridgehead atoms. The number of rotatable bonds is 4. The van der Waals surface area contributed by atoms with Crippen LogP contribution in [0.3, 0.4) is 0 Å². The zero-order valence-electron chi connectivity index (χ0n) is 12.1. The molecule has 0 saturated heterocycles. The molecule has 2 amide bonds. The zero-order valence-corrected chi connectivity index (χ0v) is 13.6. The third-order valence-corrected chi connectivity index (χ3v) is 4.06. The molecule has 0 unspecified atom stereocenters. The van der Waals surface area contributed by atoms with Crippen LogP contribution >= 0.6 is 23.2 Å². The van der Waals surface area contributed by atoms with Crippen LogP contribution in [0.4, 0.5) is 11.4 Å². The topological polar surface area (TPSA) is 58.2 Å². The molecule has 118 valence electrons. The first-order valence-electron chi connectivity index (χ1n) is 7.20. The predicted molar refractivity (Wildman–Crippen MR) is 92.2 cm³/mol. The van der Waals surface area contributed by atoms with Crippen LogP contribution in [-0.2, 0) is 4.79 Å². The van der Waals surface area contributed by atoms with Crippen molar-refractivity contribution in [3.8, 4) is 0 Å². The minimum atomic E-state index is -0.336. The number of benzene rings is 2. The van der Waals surface area contributed by atoms with E-state index in [2.05, 4.69) is 10.6 Å². The fourth-order valence-corrected chi connectivity index (χ4v) is 2.63. The maximum Gasteiger partial charge on any atom is 0.257 e. The van der Waals surface area contributed by atoms with E-state index >= 15 is 0 Å². The van der Waals surface area contributed by atoms with Crippen LogP contribution in [0.5, 0.6) is 0 Å². The first-order chi connectivity index (χ1) is 11.0. The maximum atomic E-state index is 12.3. The van der Waals surface area contributed by atoms with Gasteiger partial charge in [0.1, 0.15) is 0 Å². The van der Waals surface area contributed by atoms with Crippen molar-refractivity contribution in [2.75, 3.05) is 10.6 Å². The predicted octanol–water partition coefficient (Wildman–Crippen LogP) is 4.59. The van der Waals surface area contributed by atoms with E-state index in [4.69, 9.17) is 23.2 Å². The summed E-state index contributed by atoms with van der Waals surface area (Å²) in [5, 5.41) is 6.36. The molecule has 0 radical (unpaired) electrons. The normalized spacial score (nSPS) is 13.5. The lowest BCUT2D eigenvalue weighted by Crippen LogP contribution is -2.15. The summed E-state index contributed by atoms with van der Waals surface area (Å²) in [6.45, 7) is 0. The number of carbonyl (C=O) groups is 2. The Morgan fingerprint density at radius 1 is 0.957 bits per heavy atom. The van der Waals surface area contributed by atoms with Crippen LogP contribution < -0.4 is 10.6 Å². The molecule has 0 aliphatic heterocycles. The summed E-state index contributed by atoms with van der Waals surface area (Å²) < 4.78 is 0. The summed E-state index contributed by atoms with van der Waals surface area (Å²) in [6.07, 6.45) is 1.88. The van der Waals surface area contributed by atoms with E-state index in [1.54, 1.807) is 36.4 Å². The molecule has 2 aromatic rings. The number of halogens is 2. The number of hydrogen-bond donors (Lipinski definition) is 2. The van der Waals surface area contributed by atoms with Crippen LogP contribution in [0.1, 0.15) is 23.2 Å². The molecule has 0 aromatic heterocycles. The first kappa shape index (κ1) is 15.8. The summed E-state index contributed by atoms with van der Waals surface area (Å²) in [4.78, 5) is 24.0. The van der Waals surface area contributed by atoms with E-state index in [0.717, 1.165) is 12.8 Å². The fraction of sp³-hybridized carbons (Fsp3) is 0.176. The number of amides is 2. The molecule has 4 nitrogen and oxygen atoms in total. The highest BCUT2D eigenvalue weighted by atomic mass is 35.5. The Kier molecular flexibility index (Phi) is 4.55. The van der Waals surface area contributed by atoms with Crippen LogP contribution in [0, 0.1) is 5.92 Å². The number of anilines is 2. The van der Waals surface area contributed by atoms with E-state index in [1.807, 2.05) is 0 Å². The number of nitrogens with one attached hydrogen (secondary N) is 2. The Hall–Kier alpha value is -2.04. The van der Waals surface area contributed by atoms with Gasteiger partial charge in [0.05, 0.1) is 10.6 Å². The summed E-state index contributed by atoms with van der Waals surface area (Å²) in [7, 11) is 0. The second kappa shape index (κ2) is 6.60. The molecule has 0 atom stereocenters. The van der Waals surface area contributed by atoms with Crippen molar-refractivity contribution in [1.82, 2.24) is 0 Å². The summed E-state index contributed by atoms with van der Waals surface area (Å²) in [5.41, 5.74) is 1.57. The summed E-state index contributed by atoms with van der Waals surface area (Å²) in [6, 6.07) is 11.7. The molecule has 1 fully saturated rings. The highest BCUT2D eigenvalue weighted by Crippen LogP contribution is 2.30. The van der Waals surface area contributed by atoms with Gasteiger partial charge in [-0.25, -0.2) is 0 Å². The highest BCUT2D eigenvalue weighted by Gasteiger charge is 2.29. The molecule has 6 heteroatoms. The minimum absolute atomic E-state index is 0.0224. The fourth-order valence-electron chi connectivity index (χ4n) is 2.14. The van der Waals surface area contributed by atoms with Gasteiger partial charge in [-0.15, -0.1) is 0 Å². The SMILES string of the molecule is O=C(Nc1cccc(NC(=O)C2CC2)c1)c1ccc(Cl)cc1Cl. The lowest BCUT2D eigenvalue weighted by molar-refractivity contribution is -0.117. The molecule has 2 aromatic carbocycles. The van der Waals surface area contributed by atoms with E-state index < -0.39 is 0 Å². The van der Waals surface area contributed by atoms with Gasteiger partial charge < -0.3 is 10.6 Å². The average Bonchev–Trinajstić information content (AvgIpc) is 3.32. The summed E-state index contributed by atoms with van der Waals surface area (Å²) >= 11 is 11.9. The van der Waals surface area contributed by atoms with Crippen LogP contribution in [-0.4, -0.2) is 11.8 Å². The second-order valence-electron chi connectivity index (χ2n) is 5.42. The molecule has 0 heterocycles. The lowest BCUT2D eigenvalue weighted by Gasteiger charge is -2.09. The van der Waals surface area contributed by atoms with Gasteiger partial charge in [-0.2, -0.15) is 0 Å². The Morgan fingerprint density at radius 3 is 2.30 bits per heavy atom. The molecule has 0 spiro atoms. The molecule has 3 rings (SSSR count). The molecule has 2 N–H and O–H groups in total. The standard InChI is InChI=1S/C17H14Cl2N2O2/c18-11-6-7-14(15(19)8-11)17(23)21-13-3-1-2-12(9-13)20-16(22)10-4-5-10/h1-3,6-10H,4-5H2,(H,20,22)(H,21,23). The monoisotopic (exact) mass is 348 g/mol. The molecule has 1 aliphatic carbocycles. The van der Waals surface area contributed by atoms with Crippen molar-refractivity contribution in [1.29, 1.82) is 0 Å². The number of carbonyl (C=O) groups excluding carboxylic acids is 2. The third kappa shape index (κ3) is 4.03. The quantitative estimate of drug-likeness (QED) is 0.848. The Bertz CT molecular complexity index is 773. The lowest BCUT2D eigenvalue weighted by atomic mass is 10.2. The molecule has 1 aliphatic rings. The van der Waals surface area contributed by atoms with Gasteiger partial charge in [-0.05, 0) is 49.2 Å². The molecular formula is C17H14Cl2N2O2. The van der Waals surface area contributed by atoms with Gasteiger partial charge in [-0.3, -0.25) is 9.59 Å². The molecule has 1 saturated carbocycles. The Morgan fingerprint density at radius 2 is 1.65 bits per heavy atom. The summed E-state index contributed by atoms with van der Waals surface area (Å²) in [5.74, 6) is -0.187. The molecule has 23 heavy (non-hydrogen) atoms. The Labute approximate surface area is 143 Å². The zero-order chi connectivity index (χ0) is 16.4. The van der Waals surface area contributed by atoms with E-state index in [0.29, 0.717) is 22.0 Å². The van der Waals surface area contributed by atoms with Gasteiger partial charge in [0, 0.05) is 22.3 Å². The van der Waals surface area contributed by atoms with Gasteiger partial charge in [0.25, 0.3) is 5.91 Å². The van der Waals surface area contributed by atoms with E-state index in [9.17, 15) is 9.59 Å². The van der Waals surface area contributed by atoms with Crippen LogP contribution in [0.25, 0.3) is 0 Å². The largest absolute Gasteiger partial charge is 0.326 e. The van der Waals surface area contributed by atoms with Crippen molar-refractivity contribution in [3.05, 3.63) is 58.1 Å². The smallest absolute Gasteiger partial charge is 0.257 e. The second-order valence-corrected chi connectivity index (χ2v) is 6.27. The van der Waals surface area contributed by atoms with Crippen molar-refractivity contribution in [2.45, 2.75) is 12.8 Å². The maximum absolute atomic E-state index is 12.3. The Balaban J connectivity index is 1.71. The van der Waals surface area contributed by atoms with Crippen molar-refractivity contribution < 1.29 is 9.59 Å². The highest BCUT2D eigenvalue weighted by molar-refractivity contribution is 6.37. The van der Waals surface area contributed by atoms with E-state index in [-0.39, 0.29) is 22.8 Å². The average molecular weight is 349 g/mol. The first-order valence-corrected chi connectivity index (χ1v) is 7.96. The van der Waals surface area contributed by atoms with Crippen LogP contribution in [0.15, 0.2) is 42.5 Å². The van der Waals surface area contributed by atoms with Gasteiger partial charge in [-0.1, -0.05) is 29.3 Å². The number of hydrogen-bond acceptors (Lipinski definition) is 2. The van der Waals surface area contributed by atoms with Crippen molar-refractivity contribution in [3.63, 3.8) is 0 Å².